The SMILES string of the molecule is CS(=O)(=O)NCC1OCC(NC2CCCC2)C1O. The average Bonchev–Trinajstić information content (AvgIpc) is 2.88. The molecule has 1 saturated carbocycles. The molecule has 3 N–H and O–H groups in total. The maximum Gasteiger partial charge on any atom is 0.208 e. The predicted octanol–water partition coefficient (Wildman–Crippen LogP) is -0.804. The van der Waals surface area contributed by atoms with Crippen molar-refractivity contribution in [1.82, 2.24) is 10.0 Å². The van der Waals surface area contributed by atoms with Crippen molar-refractivity contribution in [3.8, 4) is 0 Å². The monoisotopic (exact) mass is 278 g/mol. The molecule has 1 aliphatic heterocycles. The zero-order chi connectivity index (χ0) is 13.2. The van der Waals surface area contributed by atoms with Crippen LogP contribution in [0, 0.1) is 0 Å². The second-order valence-electron chi connectivity index (χ2n) is 5.24. The number of nitrogens with one attached hydrogen (secondary N) is 2. The second-order valence-corrected chi connectivity index (χ2v) is 7.07. The lowest BCUT2D eigenvalue weighted by Crippen LogP contribution is -2.47. The van der Waals surface area contributed by atoms with Crippen LogP contribution in [0.2, 0.25) is 0 Å². The third-order valence-electron chi connectivity index (χ3n) is 3.63. The van der Waals surface area contributed by atoms with Crippen LogP contribution < -0.4 is 10.0 Å². The van der Waals surface area contributed by atoms with Gasteiger partial charge in [-0.1, -0.05) is 12.8 Å². The lowest BCUT2D eigenvalue weighted by molar-refractivity contribution is 0.0441. The van der Waals surface area contributed by atoms with Gasteiger partial charge in [0.25, 0.3) is 0 Å². The summed E-state index contributed by atoms with van der Waals surface area (Å²) in [5.41, 5.74) is 0. The topological polar surface area (TPSA) is 87.7 Å². The summed E-state index contributed by atoms with van der Waals surface area (Å²) in [6.45, 7) is 0.566. The van der Waals surface area contributed by atoms with Crippen LogP contribution in [0.3, 0.4) is 0 Å². The summed E-state index contributed by atoms with van der Waals surface area (Å²) in [5, 5.41) is 13.5. The fourth-order valence-electron chi connectivity index (χ4n) is 2.64. The molecule has 106 valence electrons. The zero-order valence-corrected chi connectivity index (χ0v) is 11.4. The van der Waals surface area contributed by atoms with Gasteiger partial charge in [-0.25, -0.2) is 13.1 Å². The molecule has 0 aromatic rings. The molecule has 0 amide bonds. The minimum atomic E-state index is -3.24. The van der Waals surface area contributed by atoms with E-state index in [0.29, 0.717) is 12.6 Å². The Bertz CT molecular complexity index is 367. The van der Waals surface area contributed by atoms with Gasteiger partial charge in [-0.05, 0) is 12.8 Å². The molecule has 0 spiro atoms. The van der Waals surface area contributed by atoms with Gasteiger partial charge in [0.05, 0.1) is 31.1 Å². The molecule has 2 aliphatic rings. The lowest BCUT2D eigenvalue weighted by Gasteiger charge is -2.21. The first-order valence-corrected chi connectivity index (χ1v) is 8.35. The molecule has 0 bridgehead atoms. The summed E-state index contributed by atoms with van der Waals surface area (Å²) in [6.07, 6.45) is 4.76. The Kier molecular flexibility index (Phi) is 4.60. The number of hydrogen-bond acceptors (Lipinski definition) is 5. The van der Waals surface area contributed by atoms with Crippen LogP contribution >= 0.6 is 0 Å². The molecule has 2 rings (SSSR count). The molecule has 18 heavy (non-hydrogen) atoms. The summed E-state index contributed by atoms with van der Waals surface area (Å²) in [7, 11) is -3.24. The fourth-order valence-corrected chi connectivity index (χ4v) is 3.11. The van der Waals surface area contributed by atoms with E-state index in [1.807, 2.05) is 0 Å². The summed E-state index contributed by atoms with van der Waals surface area (Å²) in [6, 6.07) is 0.384. The van der Waals surface area contributed by atoms with Gasteiger partial charge in [-0.15, -0.1) is 0 Å². The lowest BCUT2D eigenvalue weighted by atomic mass is 10.1. The summed E-state index contributed by atoms with van der Waals surface area (Å²) >= 11 is 0. The van der Waals surface area contributed by atoms with Gasteiger partial charge < -0.3 is 15.2 Å². The summed E-state index contributed by atoms with van der Waals surface area (Å²) < 4.78 is 29.8. The predicted molar refractivity (Wildman–Crippen MR) is 67.8 cm³/mol. The van der Waals surface area contributed by atoms with Crippen molar-refractivity contribution < 1.29 is 18.3 Å². The number of aliphatic hydroxyl groups is 1. The summed E-state index contributed by atoms with van der Waals surface area (Å²) in [4.78, 5) is 0. The number of aliphatic hydroxyl groups excluding tert-OH is 1. The number of sulfonamides is 1. The van der Waals surface area contributed by atoms with Crippen molar-refractivity contribution in [2.75, 3.05) is 19.4 Å². The highest BCUT2D eigenvalue weighted by molar-refractivity contribution is 7.88. The van der Waals surface area contributed by atoms with Crippen molar-refractivity contribution in [2.45, 2.75) is 50.0 Å². The van der Waals surface area contributed by atoms with Gasteiger partial charge in [-0.3, -0.25) is 0 Å². The van der Waals surface area contributed by atoms with Crippen LogP contribution in [0.25, 0.3) is 0 Å². The Balaban J connectivity index is 1.79. The Morgan fingerprint density at radius 1 is 1.33 bits per heavy atom. The Morgan fingerprint density at radius 2 is 2.00 bits per heavy atom. The molecule has 3 unspecified atom stereocenters. The van der Waals surface area contributed by atoms with Crippen molar-refractivity contribution in [3.63, 3.8) is 0 Å². The standard InChI is InChI=1S/C11H22N2O4S/c1-18(15,16)12-6-10-11(14)9(7-17-10)13-8-4-2-3-5-8/h8-14H,2-7H2,1H3. The van der Waals surface area contributed by atoms with Crippen LogP contribution in [0.4, 0.5) is 0 Å². The van der Waals surface area contributed by atoms with Crippen LogP contribution in [0.1, 0.15) is 25.7 Å². The molecule has 2 fully saturated rings. The Hall–Kier alpha value is -0.210. The molecule has 1 heterocycles. The van der Waals surface area contributed by atoms with Crippen LogP contribution in [0.5, 0.6) is 0 Å². The highest BCUT2D eigenvalue weighted by Gasteiger charge is 2.37. The third kappa shape index (κ3) is 3.89. The first-order chi connectivity index (χ1) is 8.46. The normalized spacial score (nSPS) is 34.2. The number of hydrogen-bond donors (Lipinski definition) is 3. The van der Waals surface area contributed by atoms with Gasteiger partial charge in [-0.2, -0.15) is 0 Å². The molecule has 7 heteroatoms. The van der Waals surface area contributed by atoms with Crippen molar-refractivity contribution >= 4 is 10.0 Å². The van der Waals surface area contributed by atoms with Crippen molar-refractivity contribution in [2.24, 2.45) is 0 Å². The highest BCUT2D eigenvalue weighted by Crippen LogP contribution is 2.21. The van der Waals surface area contributed by atoms with Gasteiger partial charge in [0.1, 0.15) is 0 Å². The first kappa shape index (κ1) is 14.2. The van der Waals surface area contributed by atoms with Crippen LogP contribution in [-0.2, 0) is 14.8 Å². The fraction of sp³-hybridized carbons (Fsp3) is 1.00. The van der Waals surface area contributed by atoms with Crippen molar-refractivity contribution in [1.29, 1.82) is 0 Å². The van der Waals surface area contributed by atoms with E-state index in [1.165, 1.54) is 12.8 Å². The molecule has 1 aliphatic carbocycles. The Morgan fingerprint density at radius 3 is 2.61 bits per heavy atom. The average molecular weight is 278 g/mol. The highest BCUT2D eigenvalue weighted by atomic mass is 32.2. The number of rotatable bonds is 5. The molecule has 0 aromatic carbocycles. The third-order valence-corrected chi connectivity index (χ3v) is 4.33. The van der Waals surface area contributed by atoms with E-state index in [4.69, 9.17) is 4.74 Å². The maximum atomic E-state index is 11.0. The van der Waals surface area contributed by atoms with Crippen molar-refractivity contribution in [3.05, 3.63) is 0 Å². The van der Waals surface area contributed by atoms with E-state index in [2.05, 4.69) is 10.0 Å². The van der Waals surface area contributed by atoms with Gasteiger partial charge in [0.2, 0.25) is 10.0 Å². The van der Waals surface area contributed by atoms with Gasteiger partial charge in [0.15, 0.2) is 0 Å². The van der Waals surface area contributed by atoms with Gasteiger partial charge in [0, 0.05) is 12.6 Å². The van der Waals surface area contributed by atoms with Crippen LogP contribution in [-0.4, -0.2) is 57.2 Å². The molecule has 0 radical (unpaired) electrons. The van der Waals surface area contributed by atoms with E-state index in [0.717, 1.165) is 19.1 Å². The van der Waals surface area contributed by atoms with E-state index in [-0.39, 0.29) is 12.6 Å². The molecule has 1 saturated heterocycles. The maximum absolute atomic E-state index is 11.0. The van der Waals surface area contributed by atoms with Gasteiger partial charge >= 0.3 is 0 Å². The smallest absolute Gasteiger partial charge is 0.208 e. The van der Waals surface area contributed by atoms with E-state index < -0.39 is 22.2 Å². The molecule has 3 atom stereocenters. The molecule has 6 nitrogen and oxygen atoms in total. The summed E-state index contributed by atoms with van der Waals surface area (Å²) in [5.74, 6) is 0. The van der Waals surface area contributed by atoms with E-state index in [1.54, 1.807) is 0 Å². The number of ether oxygens (including phenoxy) is 1. The quantitative estimate of drug-likeness (QED) is 0.612. The van der Waals surface area contributed by atoms with Crippen LogP contribution in [0.15, 0.2) is 0 Å². The molecule has 0 aromatic heterocycles. The minimum Gasteiger partial charge on any atom is -0.389 e. The first-order valence-electron chi connectivity index (χ1n) is 6.46. The van der Waals surface area contributed by atoms with E-state index >= 15 is 0 Å². The molecular formula is C11H22N2O4S. The minimum absolute atomic E-state index is 0.0838. The van der Waals surface area contributed by atoms with E-state index in [9.17, 15) is 13.5 Å². The Labute approximate surface area is 108 Å². The molecular weight excluding hydrogens is 256 g/mol. The second kappa shape index (κ2) is 5.83. The largest absolute Gasteiger partial charge is 0.389 e. The zero-order valence-electron chi connectivity index (χ0n) is 10.6.